The SMILES string of the molecule is Cc1cc(C)n(-c2ccccc2C(=O)Nc2n[nH]c3cc(O)ccc23)n1. The van der Waals surface area contributed by atoms with Crippen molar-refractivity contribution in [2.75, 3.05) is 5.32 Å². The standard InChI is InChI=1S/C19H17N5O2/c1-11-9-12(2)24(23-11)17-6-4-3-5-15(17)19(26)20-18-14-8-7-13(25)10-16(14)21-22-18/h3-10,25H,1-2H3,(H2,20,21,22,26). The minimum atomic E-state index is -0.283. The Morgan fingerprint density at radius 3 is 2.73 bits per heavy atom. The summed E-state index contributed by atoms with van der Waals surface area (Å²) in [6, 6.07) is 14.1. The maximum absolute atomic E-state index is 12.9. The summed E-state index contributed by atoms with van der Waals surface area (Å²) in [5.41, 5.74) is 3.67. The number of nitrogens with zero attached hydrogens (tertiary/aromatic N) is 3. The van der Waals surface area contributed by atoms with Gasteiger partial charge in [-0.2, -0.15) is 10.2 Å². The molecule has 0 saturated carbocycles. The van der Waals surface area contributed by atoms with E-state index in [4.69, 9.17) is 0 Å². The largest absolute Gasteiger partial charge is 0.508 e. The van der Waals surface area contributed by atoms with Crippen LogP contribution in [0.2, 0.25) is 0 Å². The number of anilines is 1. The Labute approximate surface area is 149 Å². The molecular weight excluding hydrogens is 330 g/mol. The van der Waals surface area contributed by atoms with Crippen LogP contribution in [0.5, 0.6) is 5.75 Å². The van der Waals surface area contributed by atoms with Gasteiger partial charge in [-0.05, 0) is 44.2 Å². The first kappa shape index (κ1) is 15.9. The number of hydrogen-bond acceptors (Lipinski definition) is 4. The van der Waals surface area contributed by atoms with Crippen LogP contribution in [-0.4, -0.2) is 31.0 Å². The van der Waals surface area contributed by atoms with Crippen LogP contribution in [-0.2, 0) is 0 Å². The van der Waals surface area contributed by atoms with Crippen molar-refractivity contribution in [3.05, 3.63) is 65.5 Å². The number of aromatic amines is 1. The van der Waals surface area contributed by atoms with E-state index in [0.29, 0.717) is 22.6 Å². The van der Waals surface area contributed by atoms with Gasteiger partial charge in [0.05, 0.1) is 22.5 Å². The summed E-state index contributed by atoms with van der Waals surface area (Å²) < 4.78 is 1.75. The molecule has 0 fully saturated rings. The highest BCUT2D eigenvalue weighted by Gasteiger charge is 2.17. The predicted octanol–water partition coefficient (Wildman–Crippen LogP) is 3.32. The van der Waals surface area contributed by atoms with E-state index in [1.165, 1.54) is 0 Å². The third-order valence-electron chi connectivity index (χ3n) is 4.16. The number of hydrogen-bond donors (Lipinski definition) is 3. The van der Waals surface area contributed by atoms with Gasteiger partial charge in [0.25, 0.3) is 5.91 Å². The van der Waals surface area contributed by atoms with Crippen molar-refractivity contribution in [3.8, 4) is 11.4 Å². The Morgan fingerprint density at radius 2 is 1.96 bits per heavy atom. The molecule has 0 saturated heterocycles. The van der Waals surface area contributed by atoms with Crippen LogP contribution in [0.15, 0.2) is 48.5 Å². The Balaban J connectivity index is 1.72. The molecule has 1 amide bonds. The van der Waals surface area contributed by atoms with Crippen LogP contribution in [0.1, 0.15) is 21.7 Å². The molecule has 2 aromatic heterocycles. The van der Waals surface area contributed by atoms with Crippen LogP contribution in [0, 0.1) is 13.8 Å². The summed E-state index contributed by atoms with van der Waals surface area (Å²) in [5, 5.41) is 24.5. The summed E-state index contributed by atoms with van der Waals surface area (Å²) in [5.74, 6) is 0.261. The zero-order valence-electron chi connectivity index (χ0n) is 14.3. The first-order valence-electron chi connectivity index (χ1n) is 8.14. The van der Waals surface area contributed by atoms with E-state index in [2.05, 4.69) is 20.6 Å². The van der Waals surface area contributed by atoms with E-state index in [-0.39, 0.29) is 11.7 Å². The zero-order valence-corrected chi connectivity index (χ0v) is 14.3. The molecule has 26 heavy (non-hydrogen) atoms. The quantitative estimate of drug-likeness (QED) is 0.530. The molecule has 3 N–H and O–H groups in total. The lowest BCUT2D eigenvalue weighted by Crippen LogP contribution is -2.16. The van der Waals surface area contributed by atoms with Gasteiger partial charge in [-0.15, -0.1) is 0 Å². The number of aryl methyl sites for hydroxylation is 2. The fourth-order valence-corrected chi connectivity index (χ4v) is 3.00. The van der Waals surface area contributed by atoms with Gasteiger partial charge in [0.1, 0.15) is 5.75 Å². The molecular formula is C19H17N5O2. The van der Waals surface area contributed by atoms with Crippen LogP contribution < -0.4 is 5.32 Å². The molecule has 0 unspecified atom stereocenters. The lowest BCUT2D eigenvalue weighted by atomic mass is 10.1. The summed E-state index contributed by atoms with van der Waals surface area (Å²) in [4.78, 5) is 12.9. The van der Waals surface area contributed by atoms with Crippen LogP contribution >= 0.6 is 0 Å². The highest BCUT2D eigenvalue weighted by atomic mass is 16.3. The Hall–Kier alpha value is -3.61. The van der Waals surface area contributed by atoms with Crippen molar-refractivity contribution in [1.82, 2.24) is 20.0 Å². The van der Waals surface area contributed by atoms with Gasteiger partial charge in [-0.1, -0.05) is 12.1 Å². The number of phenolic OH excluding ortho intramolecular Hbond substituents is 1. The van der Waals surface area contributed by atoms with Gasteiger partial charge in [-0.3, -0.25) is 9.89 Å². The highest BCUT2D eigenvalue weighted by molar-refractivity contribution is 6.09. The molecule has 7 nitrogen and oxygen atoms in total. The van der Waals surface area contributed by atoms with E-state index in [0.717, 1.165) is 16.8 Å². The highest BCUT2D eigenvalue weighted by Crippen LogP contribution is 2.25. The van der Waals surface area contributed by atoms with E-state index in [1.807, 2.05) is 38.1 Å². The number of nitrogens with one attached hydrogen (secondary N) is 2. The second kappa shape index (κ2) is 6.03. The molecule has 0 aliphatic heterocycles. The molecule has 2 aromatic carbocycles. The molecule has 0 aliphatic carbocycles. The number of rotatable bonds is 3. The lowest BCUT2D eigenvalue weighted by Gasteiger charge is -2.11. The maximum Gasteiger partial charge on any atom is 0.259 e. The smallest absolute Gasteiger partial charge is 0.259 e. The number of aromatic hydroxyl groups is 1. The molecule has 4 aromatic rings. The van der Waals surface area contributed by atoms with Crippen LogP contribution in [0.25, 0.3) is 16.6 Å². The van der Waals surface area contributed by atoms with Crippen molar-refractivity contribution in [2.24, 2.45) is 0 Å². The summed E-state index contributed by atoms with van der Waals surface area (Å²) in [6.07, 6.45) is 0. The third kappa shape index (κ3) is 2.69. The fraction of sp³-hybridized carbons (Fsp3) is 0.105. The molecule has 7 heteroatoms. The second-order valence-electron chi connectivity index (χ2n) is 6.11. The van der Waals surface area contributed by atoms with E-state index in [1.54, 1.807) is 28.9 Å². The van der Waals surface area contributed by atoms with Crippen molar-refractivity contribution >= 4 is 22.6 Å². The number of H-pyrrole nitrogens is 1. The zero-order chi connectivity index (χ0) is 18.3. The van der Waals surface area contributed by atoms with Gasteiger partial charge in [0.2, 0.25) is 0 Å². The van der Waals surface area contributed by atoms with Crippen molar-refractivity contribution in [2.45, 2.75) is 13.8 Å². The minimum Gasteiger partial charge on any atom is -0.508 e. The number of benzene rings is 2. The first-order chi connectivity index (χ1) is 12.5. The number of para-hydroxylation sites is 1. The molecule has 0 bridgehead atoms. The molecule has 130 valence electrons. The Morgan fingerprint density at radius 1 is 1.15 bits per heavy atom. The minimum absolute atomic E-state index is 0.133. The van der Waals surface area contributed by atoms with Crippen LogP contribution in [0.4, 0.5) is 5.82 Å². The van der Waals surface area contributed by atoms with Crippen LogP contribution in [0.3, 0.4) is 0 Å². The van der Waals surface area contributed by atoms with E-state index < -0.39 is 0 Å². The summed E-state index contributed by atoms with van der Waals surface area (Å²) >= 11 is 0. The normalized spacial score (nSPS) is 11.0. The number of carbonyl (C=O) groups is 1. The van der Waals surface area contributed by atoms with Gasteiger partial charge in [-0.25, -0.2) is 4.68 Å². The number of fused-ring (bicyclic) bond motifs is 1. The first-order valence-corrected chi connectivity index (χ1v) is 8.14. The van der Waals surface area contributed by atoms with Gasteiger partial charge >= 0.3 is 0 Å². The molecule has 2 heterocycles. The lowest BCUT2D eigenvalue weighted by molar-refractivity contribution is 0.102. The third-order valence-corrected chi connectivity index (χ3v) is 4.16. The number of carbonyl (C=O) groups excluding carboxylic acids is 1. The second-order valence-corrected chi connectivity index (χ2v) is 6.11. The average molecular weight is 347 g/mol. The summed E-state index contributed by atoms with van der Waals surface area (Å²) in [7, 11) is 0. The molecule has 0 spiro atoms. The van der Waals surface area contributed by atoms with Gasteiger partial charge in [0.15, 0.2) is 5.82 Å². The monoisotopic (exact) mass is 347 g/mol. The van der Waals surface area contributed by atoms with Crippen molar-refractivity contribution in [1.29, 1.82) is 0 Å². The molecule has 4 rings (SSSR count). The maximum atomic E-state index is 12.9. The summed E-state index contributed by atoms with van der Waals surface area (Å²) in [6.45, 7) is 3.86. The average Bonchev–Trinajstić information content (AvgIpc) is 3.17. The number of phenols is 1. The molecule has 0 radical (unpaired) electrons. The molecule has 0 atom stereocenters. The molecule has 0 aliphatic rings. The van der Waals surface area contributed by atoms with E-state index in [9.17, 15) is 9.90 Å². The number of amides is 1. The predicted molar refractivity (Wildman–Crippen MR) is 98.7 cm³/mol. The number of aromatic nitrogens is 4. The topological polar surface area (TPSA) is 95.8 Å². The van der Waals surface area contributed by atoms with Gasteiger partial charge in [0, 0.05) is 17.1 Å². The van der Waals surface area contributed by atoms with Crippen molar-refractivity contribution < 1.29 is 9.90 Å². The fourth-order valence-electron chi connectivity index (χ4n) is 3.00. The van der Waals surface area contributed by atoms with Crippen molar-refractivity contribution in [3.63, 3.8) is 0 Å². The Kier molecular flexibility index (Phi) is 3.69. The van der Waals surface area contributed by atoms with Gasteiger partial charge < -0.3 is 10.4 Å². The van der Waals surface area contributed by atoms with E-state index >= 15 is 0 Å². The Bertz CT molecular complexity index is 1130.